The van der Waals surface area contributed by atoms with Crippen molar-refractivity contribution in [3.05, 3.63) is 0 Å². The van der Waals surface area contributed by atoms with Gasteiger partial charge in [0.1, 0.15) is 0 Å². The molecule has 2 fully saturated rings. The van der Waals surface area contributed by atoms with Gasteiger partial charge in [0.25, 0.3) is 0 Å². The van der Waals surface area contributed by atoms with Gasteiger partial charge in [-0.2, -0.15) is 0 Å². The third-order valence-corrected chi connectivity index (χ3v) is 16.6. The first kappa shape index (κ1) is 23.6. The number of hydrogen-bond donors (Lipinski definition) is 1. The molecule has 2 atom stereocenters. The van der Waals surface area contributed by atoms with Crippen molar-refractivity contribution < 1.29 is 18.7 Å². The van der Waals surface area contributed by atoms with Crippen LogP contribution in [0.3, 0.4) is 0 Å². The summed E-state index contributed by atoms with van der Waals surface area (Å²) in [6.45, 7) is 23.9. The first-order valence-electron chi connectivity index (χ1n) is 10.6. The summed E-state index contributed by atoms with van der Waals surface area (Å²) in [5, 5.41) is 11.0. The zero-order valence-electron chi connectivity index (χ0n) is 19.5. The van der Waals surface area contributed by atoms with E-state index in [9.17, 15) is 5.11 Å². The molecular weight excluding hydrogens is 372 g/mol. The number of aliphatic hydroxyl groups is 1. The van der Waals surface area contributed by atoms with Crippen molar-refractivity contribution in [1.82, 2.24) is 0 Å². The van der Waals surface area contributed by atoms with Gasteiger partial charge in [0.2, 0.25) is 0 Å². The van der Waals surface area contributed by atoms with E-state index in [1.807, 2.05) is 0 Å². The molecule has 2 bridgehead atoms. The second-order valence-electron chi connectivity index (χ2n) is 12.1. The first-order valence-corrected chi connectivity index (χ1v) is 16.4. The molecule has 0 amide bonds. The number of aliphatic hydroxyl groups excluding tert-OH is 1. The maximum absolute atomic E-state index is 10.6. The van der Waals surface area contributed by atoms with E-state index in [4.69, 9.17) is 13.6 Å². The first-order chi connectivity index (χ1) is 11.9. The van der Waals surface area contributed by atoms with Crippen molar-refractivity contribution in [2.45, 2.75) is 121 Å². The van der Waals surface area contributed by atoms with Crippen LogP contribution in [0.4, 0.5) is 0 Å². The number of rotatable bonds is 6. The molecule has 0 aliphatic carbocycles. The molecule has 27 heavy (non-hydrogen) atoms. The van der Waals surface area contributed by atoms with E-state index in [0.29, 0.717) is 26.1 Å². The average molecular weight is 417 g/mol. The van der Waals surface area contributed by atoms with Crippen LogP contribution >= 0.6 is 0 Å². The fourth-order valence-corrected chi connectivity index (χ4v) is 5.73. The van der Waals surface area contributed by atoms with E-state index >= 15 is 0 Å². The SMILES string of the molecule is CC(C)(C)[Si](C)(C)OCC12CCC(CO[Si](C)(C)C(C)(C)C)(CC(O)C1)O2. The van der Waals surface area contributed by atoms with Gasteiger partial charge in [0.15, 0.2) is 16.6 Å². The molecule has 2 saturated heterocycles. The van der Waals surface area contributed by atoms with Crippen molar-refractivity contribution in [1.29, 1.82) is 0 Å². The minimum absolute atomic E-state index is 0.179. The van der Waals surface area contributed by atoms with E-state index < -0.39 is 16.6 Å². The maximum Gasteiger partial charge on any atom is 0.192 e. The fourth-order valence-electron chi connectivity index (χ4n) is 3.61. The van der Waals surface area contributed by atoms with Gasteiger partial charge >= 0.3 is 0 Å². The van der Waals surface area contributed by atoms with Gasteiger partial charge in [-0.25, -0.2) is 0 Å². The highest BCUT2D eigenvalue weighted by Gasteiger charge is 2.56. The molecule has 160 valence electrons. The minimum Gasteiger partial charge on any atom is -0.414 e. The highest BCUT2D eigenvalue weighted by atomic mass is 28.4. The van der Waals surface area contributed by atoms with Crippen LogP contribution in [0.2, 0.25) is 36.3 Å². The molecule has 2 unspecified atom stereocenters. The predicted octanol–water partition coefficient (Wildman–Crippen LogP) is 5.47. The molecule has 4 nitrogen and oxygen atoms in total. The quantitative estimate of drug-likeness (QED) is 0.583. The van der Waals surface area contributed by atoms with E-state index in [1.165, 1.54) is 0 Å². The molecule has 2 aliphatic rings. The lowest BCUT2D eigenvalue weighted by atomic mass is 9.91. The van der Waals surface area contributed by atoms with Crippen LogP contribution in [-0.4, -0.2) is 52.3 Å². The normalized spacial score (nSPS) is 32.8. The maximum atomic E-state index is 10.6. The van der Waals surface area contributed by atoms with Gasteiger partial charge in [-0.3, -0.25) is 0 Å². The van der Waals surface area contributed by atoms with Crippen molar-refractivity contribution in [2.24, 2.45) is 0 Å². The Morgan fingerprint density at radius 1 is 0.815 bits per heavy atom. The third kappa shape index (κ3) is 5.07. The van der Waals surface area contributed by atoms with Gasteiger partial charge in [-0.05, 0) is 49.1 Å². The number of hydrogen-bond acceptors (Lipinski definition) is 4. The summed E-state index contributed by atoms with van der Waals surface area (Å²) in [6, 6.07) is 0. The van der Waals surface area contributed by atoms with Crippen LogP contribution in [0, 0.1) is 0 Å². The highest BCUT2D eigenvalue weighted by Crippen LogP contribution is 2.50. The predicted molar refractivity (Wildman–Crippen MR) is 117 cm³/mol. The van der Waals surface area contributed by atoms with Crippen LogP contribution in [0.5, 0.6) is 0 Å². The van der Waals surface area contributed by atoms with Crippen molar-refractivity contribution in [3.63, 3.8) is 0 Å². The molecule has 0 spiro atoms. The summed E-state index contributed by atoms with van der Waals surface area (Å²) in [5.41, 5.74) is -0.687. The molecule has 2 rings (SSSR count). The van der Waals surface area contributed by atoms with E-state index in [0.717, 1.165) is 12.8 Å². The smallest absolute Gasteiger partial charge is 0.192 e. The van der Waals surface area contributed by atoms with E-state index in [1.54, 1.807) is 0 Å². The Bertz CT molecular complexity index is 489. The van der Waals surface area contributed by atoms with Crippen molar-refractivity contribution in [2.75, 3.05) is 13.2 Å². The molecule has 2 heterocycles. The number of ether oxygens (including phenoxy) is 1. The Kier molecular flexibility index (Phi) is 6.28. The van der Waals surface area contributed by atoms with Crippen LogP contribution in [0.1, 0.15) is 67.2 Å². The molecule has 0 aromatic carbocycles. The number of fused-ring (bicyclic) bond motifs is 2. The molecule has 2 aliphatic heterocycles. The lowest BCUT2D eigenvalue weighted by Gasteiger charge is -2.46. The Hall–Kier alpha value is 0.274. The summed E-state index contributed by atoms with van der Waals surface area (Å²) < 4.78 is 19.7. The van der Waals surface area contributed by atoms with E-state index in [2.05, 4.69) is 67.7 Å². The van der Waals surface area contributed by atoms with Gasteiger partial charge in [-0.15, -0.1) is 0 Å². The monoisotopic (exact) mass is 416 g/mol. The Morgan fingerprint density at radius 2 is 1.15 bits per heavy atom. The Morgan fingerprint density at radius 3 is 1.44 bits per heavy atom. The highest BCUT2D eigenvalue weighted by molar-refractivity contribution is 6.74. The fraction of sp³-hybridized carbons (Fsp3) is 1.00. The summed E-state index contributed by atoms with van der Waals surface area (Å²) in [6.07, 6.45) is 2.96. The summed E-state index contributed by atoms with van der Waals surface area (Å²) >= 11 is 0. The zero-order chi connectivity index (χ0) is 20.9. The van der Waals surface area contributed by atoms with Crippen molar-refractivity contribution >= 4 is 16.6 Å². The van der Waals surface area contributed by atoms with E-state index in [-0.39, 0.29) is 27.4 Å². The molecule has 6 heteroatoms. The Balaban J connectivity index is 2.08. The summed E-state index contributed by atoms with van der Waals surface area (Å²) in [4.78, 5) is 0. The molecule has 0 aromatic heterocycles. The van der Waals surface area contributed by atoms with Gasteiger partial charge in [0.05, 0.1) is 30.5 Å². The van der Waals surface area contributed by atoms with Gasteiger partial charge in [0, 0.05) is 12.8 Å². The molecule has 0 aromatic rings. The zero-order valence-corrected chi connectivity index (χ0v) is 21.5. The minimum atomic E-state index is -1.84. The van der Waals surface area contributed by atoms with Crippen LogP contribution in [0.25, 0.3) is 0 Å². The standard InChI is InChI=1S/C21H44O4Si2/c1-18(2,3)26(7,8)23-15-20-11-12-21(25-20,14-17(22)13-20)16-24-27(9,10)19(4,5)6/h17,22H,11-16H2,1-10H3. The Labute approximate surface area is 169 Å². The second-order valence-corrected chi connectivity index (χ2v) is 21.7. The van der Waals surface area contributed by atoms with Crippen molar-refractivity contribution in [3.8, 4) is 0 Å². The summed E-state index contributed by atoms with van der Waals surface area (Å²) in [7, 11) is -3.68. The van der Waals surface area contributed by atoms with Gasteiger partial charge in [-0.1, -0.05) is 41.5 Å². The van der Waals surface area contributed by atoms with Gasteiger partial charge < -0.3 is 18.7 Å². The van der Waals surface area contributed by atoms with Crippen LogP contribution < -0.4 is 0 Å². The molecular formula is C21H44O4Si2. The lowest BCUT2D eigenvalue weighted by molar-refractivity contribution is -0.195. The largest absolute Gasteiger partial charge is 0.414 e. The third-order valence-electron chi connectivity index (χ3n) is 7.69. The van der Waals surface area contributed by atoms with Crippen LogP contribution in [0.15, 0.2) is 0 Å². The molecule has 1 N–H and O–H groups in total. The topological polar surface area (TPSA) is 47.9 Å². The summed E-state index contributed by atoms with van der Waals surface area (Å²) in [5.74, 6) is 0. The average Bonchev–Trinajstić information content (AvgIpc) is 2.74. The second kappa shape index (κ2) is 7.20. The lowest BCUT2D eigenvalue weighted by Crippen LogP contribution is -2.54. The molecule has 0 saturated carbocycles. The molecule has 0 radical (unpaired) electrons. The van der Waals surface area contributed by atoms with Crippen LogP contribution in [-0.2, 0) is 13.6 Å².